The van der Waals surface area contributed by atoms with Crippen LogP contribution in [0.5, 0.6) is 11.5 Å². The van der Waals surface area contributed by atoms with E-state index in [0.717, 1.165) is 6.42 Å². The molecule has 0 bridgehead atoms. The molecule has 0 amide bonds. The summed E-state index contributed by atoms with van der Waals surface area (Å²) in [6.45, 7) is 4.23. The Bertz CT molecular complexity index is 827. The van der Waals surface area contributed by atoms with E-state index in [0.29, 0.717) is 22.8 Å². The lowest BCUT2D eigenvalue weighted by molar-refractivity contribution is -0.198. The number of halogens is 4. The average molecular weight is 401 g/mol. The molecule has 0 saturated heterocycles. The van der Waals surface area contributed by atoms with Crippen LogP contribution in [0.3, 0.4) is 0 Å². The Kier molecular flexibility index (Phi) is 5.53. The molecule has 8 heteroatoms. The zero-order chi connectivity index (χ0) is 19.8. The van der Waals surface area contributed by atoms with E-state index < -0.39 is 12.3 Å². The van der Waals surface area contributed by atoms with E-state index in [2.05, 4.69) is 4.98 Å². The molecular weight excluding hydrogens is 381 g/mol. The molecule has 146 valence electrons. The van der Waals surface area contributed by atoms with Gasteiger partial charge in [0, 0.05) is 35.6 Å². The van der Waals surface area contributed by atoms with Crippen LogP contribution in [-0.4, -0.2) is 23.8 Å². The first-order chi connectivity index (χ1) is 12.7. The molecule has 1 aliphatic rings. The SMILES string of the molecule is CC(N)CC(C)COc1cc2c(cc1Cl)-c1ccncc1[C@@H](C(F)(F)F)O2. The van der Waals surface area contributed by atoms with E-state index in [4.69, 9.17) is 26.8 Å². The number of benzene rings is 1. The first kappa shape index (κ1) is 19.8. The van der Waals surface area contributed by atoms with Crippen LogP contribution in [0.15, 0.2) is 30.6 Å². The Morgan fingerprint density at radius 2 is 2.04 bits per heavy atom. The van der Waals surface area contributed by atoms with Gasteiger partial charge in [-0.25, -0.2) is 0 Å². The molecule has 0 radical (unpaired) electrons. The number of alkyl halides is 3. The largest absolute Gasteiger partial charge is 0.492 e. The predicted molar refractivity (Wildman–Crippen MR) is 97.0 cm³/mol. The normalized spacial score (nSPS) is 18.1. The summed E-state index contributed by atoms with van der Waals surface area (Å²) in [6, 6.07) is 4.53. The topological polar surface area (TPSA) is 57.4 Å². The lowest BCUT2D eigenvalue weighted by atomic mass is 9.94. The number of rotatable bonds is 5. The molecular formula is C19H20ClF3N2O2. The van der Waals surface area contributed by atoms with Crippen molar-refractivity contribution in [2.45, 2.75) is 38.6 Å². The average Bonchev–Trinajstić information content (AvgIpc) is 2.58. The second-order valence-corrected chi connectivity index (χ2v) is 7.32. The van der Waals surface area contributed by atoms with Gasteiger partial charge >= 0.3 is 6.18 Å². The number of pyridine rings is 1. The van der Waals surface area contributed by atoms with Gasteiger partial charge in [-0.2, -0.15) is 13.2 Å². The van der Waals surface area contributed by atoms with Gasteiger partial charge in [-0.3, -0.25) is 4.98 Å². The Morgan fingerprint density at radius 3 is 2.70 bits per heavy atom. The molecule has 1 aromatic heterocycles. The molecule has 0 spiro atoms. The predicted octanol–water partition coefficient (Wildman–Crippen LogP) is 5.15. The lowest BCUT2D eigenvalue weighted by Crippen LogP contribution is -2.29. The van der Waals surface area contributed by atoms with Crippen LogP contribution in [0.25, 0.3) is 11.1 Å². The summed E-state index contributed by atoms with van der Waals surface area (Å²) >= 11 is 6.30. The summed E-state index contributed by atoms with van der Waals surface area (Å²) in [7, 11) is 0. The van der Waals surface area contributed by atoms with Gasteiger partial charge in [-0.05, 0) is 37.0 Å². The minimum absolute atomic E-state index is 0.0311. The summed E-state index contributed by atoms with van der Waals surface area (Å²) in [6.07, 6.45) is -3.28. The highest BCUT2D eigenvalue weighted by Gasteiger charge is 2.46. The first-order valence-electron chi connectivity index (χ1n) is 8.56. The molecule has 27 heavy (non-hydrogen) atoms. The molecule has 1 aliphatic heterocycles. The highest BCUT2D eigenvalue weighted by atomic mass is 35.5. The fourth-order valence-corrected chi connectivity index (χ4v) is 3.40. The van der Waals surface area contributed by atoms with Crippen molar-refractivity contribution >= 4 is 11.6 Å². The van der Waals surface area contributed by atoms with Crippen molar-refractivity contribution in [3.05, 3.63) is 41.2 Å². The van der Waals surface area contributed by atoms with Crippen LogP contribution < -0.4 is 15.2 Å². The van der Waals surface area contributed by atoms with Gasteiger partial charge in [0.2, 0.25) is 6.10 Å². The summed E-state index contributed by atoms with van der Waals surface area (Å²) in [5, 5.41) is 0.304. The van der Waals surface area contributed by atoms with Crippen LogP contribution in [0.2, 0.25) is 5.02 Å². The second kappa shape index (κ2) is 7.56. The summed E-state index contributed by atoms with van der Waals surface area (Å²) in [5.74, 6) is 0.536. The van der Waals surface area contributed by atoms with Gasteiger partial charge in [-0.1, -0.05) is 18.5 Å². The number of ether oxygens (including phenoxy) is 2. The Balaban J connectivity index is 1.93. The van der Waals surface area contributed by atoms with E-state index in [1.165, 1.54) is 24.5 Å². The van der Waals surface area contributed by atoms with Crippen molar-refractivity contribution < 1.29 is 22.6 Å². The van der Waals surface area contributed by atoms with Crippen molar-refractivity contribution in [2.75, 3.05) is 6.61 Å². The van der Waals surface area contributed by atoms with Gasteiger partial charge in [0.1, 0.15) is 11.5 Å². The number of nitrogens with zero attached hydrogens (tertiary/aromatic N) is 1. The fourth-order valence-electron chi connectivity index (χ4n) is 3.18. The fraction of sp³-hybridized carbons (Fsp3) is 0.421. The summed E-state index contributed by atoms with van der Waals surface area (Å²) < 4.78 is 51.3. The Morgan fingerprint density at radius 1 is 1.30 bits per heavy atom. The maximum Gasteiger partial charge on any atom is 0.429 e. The molecule has 4 nitrogen and oxygen atoms in total. The maximum atomic E-state index is 13.4. The lowest BCUT2D eigenvalue weighted by Gasteiger charge is -2.30. The zero-order valence-electron chi connectivity index (χ0n) is 14.9. The van der Waals surface area contributed by atoms with Gasteiger partial charge < -0.3 is 15.2 Å². The number of hydrogen-bond donors (Lipinski definition) is 1. The third kappa shape index (κ3) is 4.30. The first-order valence-corrected chi connectivity index (χ1v) is 8.94. The molecule has 2 heterocycles. The van der Waals surface area contributed by atoms with E-state index in [-0.39, 0.29) is 29.0 Å². The highest BCUT2D eigenvalue weighted by molar-refractivity contribution is 6.32. The van der Waals surface area contributed by atoms with E-state index in [1.807, 2.05) is 13.8 Å². The van der Waals surface area contributed by atoms with Crippen LogP contribution in [0.4, 0.5) is 13.2 Å². The number of fused-ring (bicyclic) bond motifs is 3. The van der Waals surface area contributed by atoms with Crippen molar-refractivity contribution in [3.8, 4) is 22.6 Å². The minimum atomic E-state index is -4.57. The molecule has 2 N–H and O–H groups in total. The van der Waals surface area contributed by atoms with Crippen LogP contribution in [0.1, 0.15) is 31.9 Å². The number of hydrogen-bond acceptors (Lipinski definition) is 4. The monoisotopic (exact) mass is 400 g/mol. The molecule has 0 saturated carbocycles. The zero-order valence-corrected chi connectivity index (χ0v) is 15.6. The van der Waals surface area contributed by atoms with Crippen molar-refractivity contribution in [2.24, 2.45) is 11.7 Å². The van der Waals surface area contributed by atoms with Gasteiger partial charge in [0.15, 0.2) is 0 Å². The van der Waals surface area contributed by atoms with E-state index >= 15 is 0 Å². The molecule has 0 fully saturated rings. The van der Waals surface area contributed by atoms with Crippen molar-refractivity contribution in [1.29, 1.82) is 0 Å². The molecule has 3 rings (SSSR count). The van der Waals surface area contributed by atoms with Crippen LogP contribution in [-0.2, 0) is 0 Å². The van der Waals surface area contributed by atoms with E-state index in [1.54, 1.807) is 6.07 Å². The second-order valence-electron chi connectivity index (χ2n) is 6.91. The third-order valence-corrected chi connectivity index (χ3v) is 4.59. The van der Waals surface area contributed by atoms with Gasteiger partial charge in [0.05, 0.1) is 11.6 Å². The highest BCUT2D eigenvalue weighted by Crippen LogP contribution is 2.50. The van der Waals surface area contributed by atoms with Gasteiger partial charge in [-0.15, -0.1) is 0 Å². The van der Waals surface area contributed by atoms with Crippen LogP contribution >= 0.6 is 11.6 Å². The molecule has 2 aromatic rings. The Hall–Kier alpha value is -1.99. The van der Waals surface area contributed by atoms with Gasteiger partial charge in [0.25, 0.3) is 0 Å². The summed E-state index contributed by atoms with van der Waals surface area (Å²) in [4.78, 5) is 3.80. The van der Waals surface area contributed by atoms with Crippen LogP contribution in [0, 0.1) is 5.92 Å². The molecule has 3 atom stereocenters. The smallest absolute Gasteiger partial charge is 0.429 e. The number of aromatic nitrogens is 1. The molecule has 2 unspecified atom stereocenters. The molecule has 1 aromatic carbocycles. The standard InChI is InChI=1S/C19H20ClF3N2O2/c1-10(5-11(2)24)9-26-17-7-16-13(6-15(17)20)12-3-4-25-8-14(12)18(27-16)19(21,22)23/h3-4,6-8,10-11,18H,5,9,24H2,1-2H3/t10?,11?,18-/m0/s1. The maximum absolute atomic E-state index is 13.4. The minimum Gasteiger partial charge on any atom is -0.492 e. The quantitative estimate of drug-likeness (QED) is 0.754. The number of nitrogens with two attached hydrogens (primary N) is 1. The van der Waals surface area contributed by atoms with Crippen molar-refractivity contribution in [1.82, 2.24) is 4.98 Å². The molecule has 0 aliphatic carbocycles. The van der Waals surface area contributed by atoms with Crippen molar-refractivity contribution in [3.63, 3.8) is 0 Å². The van der Waals surface area contributed by atoms with E-state index in [9.17, 15) is 13.2 Å². The third-order valence-electron chi connectivity index (χ3n) is 4.30. The summed E-state index contributed by atoms with van der Waals surface area (Å²) in [5.41, 5.74) is 6.61. The Labute approximate surface area is 160 Å².